The second kappa shape index (κ2) is 6.18. The predicted octanol–water partition coefficient (Wildman–Crippen LogP) is 4.29. The van der Waals surface area contributed by atoms with Crippen molar-refractivity contribution in [3.05, 3.63) is 70.2 Å². The first-order chi connectivity index (χ1) is 9.88. The summed E-state index contributed by atoms with van der Waals surface area (Å²) in [6.45, 7) is 0.127. The van der Waals surface area contributed by atoms with Crippen LogP contribution in [0.5, 0.6) is 0 Å². The number of rotatable bonds is 3. The van der Waals surface area contributed by atoms with Crippen molar-refractivity contribution < 1.29 is 18.0 Å². The Morgan fingerprint density at radius 1 is 1.05 bits per heavy atom. The lowest BCUT2D eigenvalue weighted by atomic mass is 10.1. The van der Waals surface area contributed by atoms with Crippen LogP contribution in [0, 0.1) is 0 Å². The van der Waals surface area contributed by atoms with E-state index >= 15 is 0 Å². The number of hydrogen-bond acceptors (Lipinski definition) is 1. The van der Waals surface area contributed by atoms with Gasteiger partial charge in [-0.15, -0.1) is 0 Å². The molecule has 0 aliphatic carbocycles. The van der Waals surface area contributed by atoms with Crippen LogP contribution in [0.15, 0.2) is 48.5 Å². The normalized spacial score (nSPS) is 11.2. The van der Waals surface area contributed by atoms with Gasteiger partial charge in [-0.1, -0.05) is 35.9 Å². The molecule has 0 fully saturated rings. The van der Waals surface area contributed by atoms with E-state index in [1.807, 2.05) is 0 Å². The van der Waals surface area contributed by atoms with Gasteiger partial charge < -0.3 is 5.32 Å². The highest BCUT2D eigenvalue weighted by Crippen LogP contribution is 2.31. The van der Waals surface area contributed by atoms with Crippen molar-refractivity contribution in [1.29, 1.82) is 0 Å². The van der Waals surface area contributed by atoms with Crippen LogP contribution in [0.4, 0.5) is 13.2 Å². The minimum atomic E-state index is -4.56. The van der Waals surface area contributed by atoms with Crippen molar-refractivity contribution in [3.63, 3.8) is 0 Å². The molecule has 0 aliphatic rings. The molecule has 2 rings (SSSR count). The van der Waals surface area contributed by atoms with Crippen LogP contribution >= 0.6 is 11.6 Å². The second-order valence-corrected chi connectivity index (χ2v) is 4.79. The van der Waals surface area contributed by atoms with E-state index in [9.17, 15) is 18.0 Å². The van der Waals surface area contributed by atoms with E-state index in [-0.39, 0.29) is 12.1 Å². The van der Waals surface area contributed by atoms with Gasteiger partial charge in [-0.05, 0) is 29.8 Å². The monoisotopic (exact) mass is 313 g/mol. The van der Waals surface area contributed by atoms with Gasteiger partial charge in [-0.2, -0.15) is 13.2 Å². The first-order valence-electron chi connectivity index (χ1n) is 6.07. The van der Waals surface area contributed by atoms with Crippen LogP contribution < -0.4 is 5.32 Å². The minimum absolute atomic E-state index is 0.127. The number of hydrogen-bond donors (Lipinski definition) is 1. The van der Waals surface area contributed by atoms with E-state index in [1.54, 1.807) is 24.3 Å². The van der Waals surface area contributed by atoms with Gasteiger partial charge in [0.15, 0.2) is 0 Å². The molecular weight excluding hydrogens is 303 g/mol. The number of carbonyl (C=O) groups excluding carboxylic acids is 1. The van der Waals surface area contributed by atoms with E-state index < -0.39 is 17.6 Å². The highest BCUT2D eigenvalue weighted by atomic mass is 35.5. The fraction of sp³-hybridized carbons (Fsp3) is 0.133. The smallest absolute Gasteiger partial charge is 0.348 e. The quantitative estimate of drug-likeness (QED) is 0.900. The topological polar surface area (TPSA) is 29.1 Å². The number of alkyl halides is 3. The summed E-state index contributed by atoms with van der Waals surface area (Å²) in [7, 11) is 0. The molecule has 1 amide bonds. The summed E-state index contributed by atoms with van der Waals surface area (Å²) < 4.78 is 38.5. The summed E-state index contributed by atoms with van der Waals surface area (Å²) >= 11 is 5.73. The third-order valence-corrected chi connectivity index (χ3v) is 3.10. The van der Waals surface area contributed by atoms with Crippen LogP contribution in [0.3, 0.4) is 0 Å². The first kappa shape index (κ1) is 15.4. The summed E-state index contributed by atoms with van der Waals surface area (Å²) in [5.74, 6) is -0.766. The van der Waals surface area contributed by atoms with Crippen molar-refractivity contribution in [2.24, 2.45) is 0 Å². The van der Waals surface area contributed by atoms with Gasteiger partial charge >= 0.3 is 6.18 Å². The molecule has 0 aromatic heterocycles. The fourth-order valence-corrected chi connectivity index (χ4v) is 1.93. The van der Waals surface area contributed by atoms with E-state index in [4.69, 9.17) is 11.6 Å². The van der Waals surface area contributed by atoms with Crippen LogP contribution in [0.1, 0.15) is 21.5 Å². The van der Waals surface area contributed by atoms with E-state index in [2.05, 4.69) is 5.32 Å². The average molecular weight is 314 g/mol. The number of amides is 1. The molecule has 2 nitrogen and oxygen atoms in total. The van der Waals surface area contributed by atoms with E-state index in [0.717, 1.165) is 17.7 Å². The molecule has 2 aromatic carbocycles. The number of nitrogens with one attached hydrogen (secondary N) is 1. The molecule has 0 atom stereocenters. The standard InChI is InChI=1S/C15H11ClF3NO/c16-11-7-5-10(6-8-11)9-20-14(21)12-3-1-2-4-13(12)15(17,18)19/h1-8H,9H2,(H,20,21). The van der Waals surface area contributed by atoms with Crippen molar-refractivity contribution >= 4 is 17.5 Å². The molecule has 2 aromatic rings. The Morgan fingerprint density at radius 2 is 1.67 bits per heavy atom. The molecule has 6 heteroatoms. The SMILES string of the molecule is O=C(NCc1ccc(Cl)cc1)c1ccccc1C(F)(F)F. The van der Waals surface area contributed by atoms with Crippen molar-refractivity contribution in [2.45, 2.75) is 12.7 Å². The molecule has 0 saturated heterocycles. The minimum Gasteiger partial charge on any atom is -0.348 e. The summed E-state index contributed by atoms with van der Waals surface area (Å²) in [5, 5.41) is 3.01. The molecule has 0 aliphatic heterocycles. The maximum Gasteiger partial charge on any atom is 0.417 e. The zero-order valence-electron chi connectivity index (χ0n) is 10.7. The molecule has 0 bridgehead atoms. The Morgan fingerprint density at radius 3 is 2.29 bits per heavy atom. The maximum absolute atomic E-state index is 12.8. The Hall–Kier alpha value is -2.01. The fourth-order valence-electron chi connectivity index (χ4n) is 1.81. The lowest BCUT2D eigenvalue weighted by Crippen LogP contribution is -2.25. The highest BCUT2D eigenvalue weighted by molar-refractivity contribution is 6.30. The molecule has 0 saturated carbocycles. The Balaban J connectivity index is 2.12. The zero-order valence-corrected chi connectivity index (χ0v) is 11.5. The summed E-state index contributed by atoms with van der Waals surface area (Å²) in [6, 6.07) is 11.4. The third kappa shape index (κ3) is 3.98. The van der Waals surface area contributed by atoms with Gasteiger partial charge in [0.2, 0.25) is 0 Å². The van der Waals surface area contributed by atoms with Crippen molar-refractivity contribution in [3.8, 4) is 0 Å². The van der Waals surface area contributed by atoms with Gasteiger partial charge in [0.05, 0.1) is 11.1 Å². The molecule has 1 N–H and O–H groups in total. The molecule has 0 spiro atoms. The summed E-state index contributed by atoms with van der Waals surface area (Å²) in [5.41, 5.74) is -0.588. The predicted molar refractivity (Wildman–Crippen MR) is 74.1 cm³/mol. The molecular formula is C15H11ClF3NO. The molecule has 21 heavy (non-hydrogen) atoms. The van der Waals surface area contributed by atoms with Crippen LogP contribution in [0.25, 0.3) is 0 Å². The second-order valence-electron chi connectivity index (χ2n) is 4.35. The molecule has 0 heterocycles. The first-order valence-corrected chi connectivity index (χ1v) is 6.44. The van der Waals surface area contributed by atoms with Crippen LogP contribution in [-0.4, -0.2) is 5.91 Å². The zero-order chi connectivity index (χ0) is 15.5. The van der Waals surface area contributed by atoms with E-state index in [0.29, 0.717) is 5.02 Å². The van der Waals surface area contributed by atoms with E-state index in [1.165, 1.54) is 12.1 Å². The largest absolute Gasteiger partial charge is 0.417 e. The average Bonchev–Trinajstić information content (AvgIpc) is 2.45. The van der Waals surface area contributed by atoms with Crippen LogP contribution in [0.2, 0.25) is 5.02 Å². The van der Waals surface area contributed by atoms with Gasteiger partial charge in [-0.25, -0.2) is 0 Å². The number of halogens is 4. The van der Waals surface area contributed by atoms with Gasteiger partial charge in [0, 0.05) is 11.6 Å². The maximum atomic E-state index is 12.8. The van der Waals surface area contributed by atoms with Crippen molar-refractivity contribution in [1.82, 2.24) is 5.32 Å². The van der Waals surface area contributed by atoms with Gasteiger partial charge in [0.1, 0.15) is 0 Å². The lowest BCUT2D eigenvalue weighted by molar-refractivity contribution is -0.137. The number of benzene rings is 2. The van der Waals surface area contributed by atoms with Crippen LogP contribution in [-0.2, 0) is 12.7 Å². The Bertz CT molecular complexity index is 638. The molecule has 0 radical (unpaired) electrons. The summed E-state index contributed by atoms with van der Waals surface area (Å²) in [6.07, 6.45) is -4.56. The highest BCUT2D eigenvalue weighted by Gasteiger charge is 2.34. The lowest BCUT2D eigenvalue weighted by Gasteiger charge is -2.12. The molecule has 110 valence electrons. The Kier molecular flexibility index (Phi) is 4.53. The Labute approximate surface area is 124 Å². The van der Waals surface area contributed by atoms with Crippen molar-refractivity contribution in [2.75, 3.05) is 0 Å². The third-order valence-electron chi connectivity index (χ3n) is 2.84. The summed E-state index contributed by atoms with van der Waals surface area (Å²) in [4.78, 5) is 11.9. The van der Waals surface area contributed by atoms with Gasteiger partial charge in [0.25, 0.3) is 5.91 Å². The molecule has 0 unspecified atom stereocenters. The van der Waals surface area contributed by atoms with Gasteiger partial charge in [-0.3, -0.25) is 4.79 Å². The number of carbonyl (C=O) groups is 1.